The van der Waals surface area contributed by atoms with Crippen LogP contribution in [0.15, 0.2) is 48.7 Å². The number of rotatable bonds is 4. The van der Waals surface area contributed by atoms with Crippen LogP contribution in [-0.2, 0) is 4.74 Å². The largest absolute Gasteiger partial charge is 0.444 e. The van der Waals surface area contributed by atoms with Crippen LogP contribution in [0.1, 0.15) is 66.7 Å². The average molecular weight is 578 g/mol. The molecule has 0 N–H and O–H groups in total. The van der Waals surface area contributed by atoms with Gasteiger partial charge in [-0.05, 0) is 82.9 Å². The van der Waals surface area contributed by atoms with Crippen molar-refractivity contribution in [1.29, 1.82) is 0 Å². The van der Waals surface area contributed by atoms with Gasteiger partial charge in [0.1, 0.15) is 5.60 Å². The molecule has 2 aromatic carbocycles. The third-order valence-corrected chi connectivity index (χ3v) is 8.13. The molecule has 1 aromatic heterocycles. The van der Waals surface area contributed by atoms with Gasteiger partial charge >= 0.3 is 6.09 Å². The summed E-state index contributed by atoms with van der Waals surface area (Å²) < 4.78 is 7.46. The number of aromatic nitrogens is 2. The Bertz CT molecular complexity index is 1410. The maximum absolute atomic E-state index is 14.0. The van der Waals surface area contributed by atoms with Crippen molar-refractivity contribution in [2.75, 3.05) is 44.2 Å². The quantitative estimate of drug-likeness (QED) is 0.368. The number of piperazine rings is 1. The molecule has 0 bridgehead atoms. The van der Waals surface area contributed by atoms with Crippen LogP contribution in [0.2, 0.25) is 5.02 Å². The van der Waals surface area contributed by atoms with Crippen LogP contribution in [0.25, 0.3) is 5.69 Å². The molecule has 8 nitrogen and oxygen atoms in total. The molecule has 2 fully saturated rings. The first-order chi connectivity index (χ1) is 19.5. The van der Waals surface area contributed by atoms with Crippen molar-refractivity contribution in [2.24, 2.45) is 0 Å². The van der Waals surface area contributed by atoms with Crippen molar-refractivity contribution in [3.63, 3.8) is 0 Å². The summed E-state index contributed by atoms with van der Waals surface area (Å²) in [4.78, 5) is 32.8. The number of halogens is 1. The Kier molecular flexibility index (Phi) is 8.32. The molecule has 3 heterocycles. The molecule has 2 aliphatic heterocycles. The molecule has 5 rings (SSSR count). The minimum Gasteiger partial charge on any atom is -0.444 e. The molecule has 0 spiro atoms. The average Bonchev–Trinajstić information content (AvgIpc) is 3.38. The molecule has 2 saturated heterocycles. The summed E-state index contributed by atoms with van der Waals surface area (Å²) in [6.07, 6.45) is 2.84. The molecule has 0 saturated carbocycles. The molecule has 3 aromatic rings. The number of likely N-dealkylation sites (tertiary alicyclic amines) is 1. The van der Waals surface area contributed by atoms with Gasteiger partial charge in [0.05, 0.1) is 23.1 Å². The number of carbonyl (C=O) groups excluding carboxylic acids is 2. The number of aryl methyl sites for hydroxylation is 2. The van der Waals surface area contributed by atoms with Gasteiger partial charge in [-0.15, -0.1) is 0 Å². The smallest absolute Gasteiger partial charge is 0.410 e. The molecule has 41 heavy (non-hydrogen) atoms. The molecule has 218 valence electrons. The van der Waals surface area contributed by atoms with Crippen LogP contribution in [0, 0.1) is 13.8 Å². The number of hydrogen-bond donors (Lipinski definition) is 0. The van der Waals surface area contributed by atoms with Crippen molar-refractivity contribution in [2.45, 2.75) is 59.0 Å². The highest BCUT2D eigenvalue weighted by Crippen LogP contribution is 2.34. The number of carbonyl (C=O) groups is 2. The van der Waals surface area contributed by atoms with E-state index in [-0.39, 0.29) is 17.9 Å². The Labute approximate surface area is 247 Å². The second kappa shape index (κ2) is 11.8. The molecular formula is C32H40ClN5O3. The van der Waals surface area contributed by atoms with Gasteiger partial charge in [0.15, 0.2) is 0 Å². The number of ether oxygens (including phenoxy) is 1. The Balaban J connectivity index is 1.37. The van der Waals surface area contributed by atoms with E-state index >= 15 is 0 Å². The van der Waals surface area contributed by atoms with E-state index in [2.05, 4.69) is 36.9 Å². The normalized spacial score (nSPS) is 16.7. The van der Waals surface area contributed by atoms with E-state index in [1.807, 2.05) is 54.6 Å². The van der Waals surface area contributed by atoms with Gasteiger partial charge in [0.2, 0.25) is 0 Å². The predicted octanol–water partition coefficient (Wildman–Crippen LogP) is 6.22. The topological polar surface area (TPSA) is 70.9 Å². The second-order valence-electron chi connectivity index (χ2n) is 12.1. The predicted molar refractivity (Wildman–Crippen MR) is 162 cm³/mol. The standard InChI is InChI=1S/C32H40ClN5O3/c1-22-9-10-23(2)28(19-22)35-15-17-36(18-16-35)30(39)27-21-34-38(26-8-6-7-25(33)20-26)29(27)24-11-13-37(14-12-24)31(40)41-32(3,4)5/h6-10,19-21,24H,11-18H2,1-5H3. The van der Waals surface area contributed by atoms with Gasteiger partial charge in [-0.3, -0.25) is 4.79 Å². The van der Waals surface area contributed by atoms with Crippen LogP contribution >= 0.6 is 11.6 Å². The molecule has 9 heteroatoms. The zero-order chi connectivity index (χ0) is 29.3. The molecule has 2 aliphatic rings. The van der Waals surface area contributed by atoms with E-state index in [9.17, 15) is 9.59 Å². The van der Waals surface area contributed by atoms with Gasteiger partial charge in [0, 0.05) is 55.9 Å². The van der Waals surface area contributed by atoms with Gasteiger partial charge in [-0.1, -0.05) is 29.8 Å². The first kappa shape index (κ1) is 29.0. The number of nitrogens with zero attached hydrogens (tertiary/aromatic N) is 5. The van der Waals surface area contributed by atoms with Crippen molar-refractivity contribution >= 4 is 29.3 Å². The fourth-order valence-corrected chi connectivity index (χ4v) is 5.96. The van der Waals surface area contributed by atoms with Gasteiger partial charge in [0.25, 0.3) is 5.91 Å². The fourth-order valence-electron chi connectivity index (χ4n) is 5.77. The highest BCUT2D eigenvalue weighted by molar-refractivity contribution is 6.30. The van der Waals surface area contributed by atoms with Crippen LogP contribution < -0.4 is 4.90 Å². The lowest BCUT2D eigenvalue weighted by Gasteiger charge is -2.37. The first-order valence-corrected chi connectivity index (χ1v) is 14.8. The second-order valence-corrected chi connectivity index (χ2v) is 12.6. The van der Waals surface area contributed by atoms with E-state index in [0.29, 0.717) is 49.6 Å². The molecule has 2 amide bonds. The zero-order valence-corrected chi connectivity index (χ0v) is 25.4. The fraction of sp³-hybridized carbons (Fsp3) is 0.469. The number of anilines is 1. The highest BCUT2D eigenvalue weighted by atomic mass is 35.5. The zero-order valence-electron chi connectivity index (χ0n) is 24.7. The molecule has 0 aliphatic carbocycles. The van der Waals surface area contributed by atoms with Crippen molar-refractivity contribution < 1.29 is 14.3 Å². The van der Waals surface area contributed by atoms with E-state index in [1.54, 1.807) is 11.1 Å². The highest BCUT2D eigenvalue weighted by Gasteiger charge is 2.34. The molecule has 0 atom stereocenters. The SMILES string of the molecule is Cc1ccc(C)c(N2CCN(C(=O)c3cnn(-c4cccc(Cl)c4)c3C3CCN(C(=O)OC(C)(C)C)CC3)CC2)c1. The molecule has 0 radical (unpaired) electrons. The summed E-state index contributed by atoms with van der Waals surface area (Å²) in [6, 6.07) is 14.1. The summed E-state index contributed by atoms with van der Waals surface area (Å²) in [7, 11) is 0. The number of amides is 2. The van der Waals surface area contributed by atoms with Gasteiger partial charge in [-0.25, -0.2) is 9.48 Å². The maximum Gasteiger partial charge on any atom is 0.410 e. The summed E-state index contributed by atoms with van der Waals surface area (Å²) in [6.45, 7) is 13.8. The minimum atomic E-state index is -0.541. The summed E-state index contributed by atoms with van der Waals surface area (Å²) in [5.74, 6) is 0.0637. The van der Waals surface area contributed by atoms with Crippen LogP contribution in [-0.4, -0.2) is 76.5 Å². The summed E-state index contributed by atoms with van der Waals surface area (Å²) >= 11 is 6.34. The van der Waals surface area contributed by atoms with E-state index < -0.39 is 5.60 Å². The number of benzene rings is 2. The third-order valence-electron chi connectivity index (χ3n) is 7.90. The first-order valence-electron chi connectivity index (χ1n) is 14.4. The lowest BCUT2D eigenvalue weighted by Crippen LogP contribution is -2.49. The lowest BCUT2D eigenvalue weighted by atomic mass is 9.90. The van der Waals surface area contributed by atoms with Crippen molar-refractivity contribution in [1.82, 2.24) is 19.6 Å². The number of hydrogen-bond acceptors (Lipinski definition) is 5. The maximum atomic E-state index is 14.0. The van der Waals surface area contributed by atoms with Crippen molar-refractivity contribution in [3.8, 4) is 5.69 Å². The Morgan fingerprint density at radius 2 is 1.63 bits per heavy atom. The van der Waals surface area contributed by atoms with Crippen LogP contribution in [0.4, 0.5) is 10.5 Å². The van der Waals surface area contributed by atoms with Crippen LogP contribution in [0.3, 0.4) is 0 Å². The summed E-state index contributed by atoms with van der Waals surface area (Å²) in [5.41, 5.74) is 5.52. The van der Waals surface area contributed by atoms with Gasteiger partial charge < -0.3 is 19.4 Å². The van der Waals surface area contributed by atoms with E-state index in [4.69, 9.17) is 21.4 Å². The molecular weight excluding hydrogens is 538 g/mol. The van der Waals surface area contributed by atoms with Gasteiger partial charge in [-0.2, -0.15) is 5.10 Å². The Morgan fingerprint density at radius 1 is 0.927 bits per heavy atom. The summed E-state index contributed by atoms with van der Waals surface area (Å²) in [5, 5.41) is 5.31. The minimum absolute atomic E-state index is 0.00321. The van der Waals surface area contributed by atoms with Crippen LogP contribution in [0.5, 0.6) is 0 Å². The lowest BCUT2D eigenvalue weighted by molar-refractivity contribution is 0.0203. The van der Waals surface area contributed by atoms with Crippen molar-refractivity contribution in [3.05, 3.63) is 76.1 Å². The monoisotopic (exact) mass is 577 g/mol. The third kappa shape index (κ3) is 6.53. The molecule has 0 unspecified atom stereocenters. The van der Waals surface area contributed by atoms with E-state index in [0.717, 1.165) is 24.5 Å². The van der Waals surface area contributed by atoms with E-state index in [1.165, 1.54) is 16.8 Å². The Morgan fingerprint density at radius 3 is 2.29 bits per heavy atom. The Hall–Kier alpha value is -3.52. The number of piperidine rings is 1.